The largest absolute Gasteiger partial charge is 0.382 e. The highest BCUT2D eigenvalue weighted by molar-refractivity contribution is 7.98. The minimum absolute atomic E-state index is 0.446. The maximum absolute atomic E-state index is 5.48. The number of hydrogen-bond donors (Lipinski definition) is 2. The first-order valence-electron chi connectivity index (χ1n) is 6.49. The second kappa shape index (κ2) is 7.02. The summed E-state index contributed by atoms with van der Waals surface area (Å²) in [4.78, 5) is 1.30. The van der Waals surface area contributed by atoms with Gasteiger partial charge in [-0.2, -0.15) is 0 Å². The van der Waals surface area contributed by atoms with Crippen LogP contribution in [0.4, 0.5) is 5.69 Å². The molecule has 2 atom stereocenters. The number of rotatable bonds is 5. The number of thioether (sulfide) groups is 1. The van der Waals surface area contributed by atoms with Crippen molar-refractivity contribution in [2.45, 2.75) is 30.3 Å². The van der Waals surface area contributed by atoms with E-state index < -0.39 is 0 Å². The van der Waals surface area contributed by atoms with Gasteiger partial charge in [-0.15, -0.1) is 11.8 Å². The SMILES string of the molecule is CSc1cccc(NC(C)CC2COCCN2)c1. The van der Waals surface area contributed by atoms with Crippen LogP contribution in [0.3, 0.4) is 0 Å². The lowest BCUT2D eigenvalue weighted by molar-refractivity contribution is 0.0731. The zero-order valence-corrected chi connectivity index (χ0v) is 11.9. The van der Waals surface area contributed by atoms with Crippen LogP contribution in [-0.4, -0.2) is 38.1 Å². The van der Waals surface area contributed by atoms with Crippen LogP contribution < -0.4 is 10.6 Å². The molecule has 2 rings (SSSR count). The van der Waals surface area contributed by atoms with Crippen molar-refractivity contribution in [1.82, 2.24) is 5.32 Å². The fourth-order valence-electron chi connectivity index (χ4n) is 2.25. The van der Waals surface area contributed by atoms with Gasteiger partial charge in [0.25, 0.3) is 0 Å². The highest BCUT2D eigenvalue weighted by Crippen LogP contribution is 2.20. The molecule has 100 valence electrons. The average molecular weight is 266 g/mol. The molecule has 0 aliphatic carbocycles. The Hall–Kier alpha value is -0.710. The monoisotopic (exact) mass is 266 g/mol. The molecule has 0 spiro atoms. The summed E-state index contributed by atoms with van der Waals surface area (Å²) >= 11 is 1.77. The first kappa shape index (κ1) is 13.7. The number of anilines is 1. The molecule has 1 heterocycles. The van der Waals surface area contributed by atoms with E-state index in [1.54, 1.807) is 11.8 Å². The molecule has 2 N–H and O–H groups in total. The molecule has 0 aromatic heterocycles. The molecule has 0 amide bonds. The first-order chi connectivity index (χ1) is 8.78. The fourth-order valence-corrected chi connectivity index (χ4v) is 2.71. The standard InChI is InChI=1S/C14H22N2OS/c1-11(8-13-10-17-7-6-15-13)16-12-4-3-5-14(9-12)18-2/h3-5,9,11,13,15-16H,6-8,10H2,1-2H3. The van der Waals surface area contributed by atoms with E-state index in [9.17, 15) is 0 Å². The van der Waals surface area contributed by atoms with Crippen LogP contribution in [0.15, 0.2) is 29.2 Å². The Balaban J connectivity index is 1.83. The zero-order valence-electron chi connectivity index (χ0n) is 11.1. The van der Waals surface area contributed by atoms with Gasteiger partial charge in [-0.05, 0) is 37.8 Å². The lowest BCUT2D eigenvalue weighted by Crippen LogP contribution is -2.43. The van der Waals surface area contributed by atoms with Crippen molar-refractivity contribution in [1.29, 1.82) is 0 Å². The quantitative estimate of drug-likeness (QED) is 0.803. The van der Waals surface area contributed by atoms with E-state index in [0.717, 1.165) is 26.2 Å². The van der Waals surface area contributed by atoms with Gasteiger partial charge in [0.15, 0.2) is 0 Å². The van der Waals surface area contributed by atoms with Gasteiger partial charge in [0, 0.05) is 29.2 Å². The van der Waals surface area contributed by atoms with Gasteiger partial charge in [0.05, 0.1) is 13.2 Å². The fraction of sp³-hybridized carbons (Fsp3) is 0.571. The summed E-state index contributed by atoms with van der Waals surface area (Å²) in [6.07, 6.45) is 3.19. The van der Waals surface area contributed by atoms with E-state index >= 15 is 0 Å². The highest BCUT2D eigenvalue weighted by atomic mass is 32.2. The molecule has 1 aromatic rings. The van der Waals surface area contributed by atoms with Crippen molar-refractivity contribution in [3.05, 3.63) is 24.3 Å². The summed E-state index contributed by atoms with van der Waals surface area (Å²) in [5.41, 5.74) is 1.20. The normalized spacial score (nSPS) is 21.6. The molecule has 4 heteroatoms. The van der Waals surface area contributed by atoms with E-state index in [-0.39, 0.29) is 0 Å². The molecule has 0 radical (unpaired) electrons. The molecule has 1 aromatic carbocycles. The van der Waals surface area contributed by atoms with E-state index in [0.29, 0.717) is 12.1 Å². The van der Waals surface area contributed by atoms with E-state index in [4.69, 9.17) is 4.74 Å². The summed E-state index contributed by atoms with van der Waals surface area (Å²) in [5, 5.41) is 7.04. The average Bonchev–Trinajstić information content (AvgIpc) is 2.40. The lowest BCUT2D eigenvalue weighted by atomic mass is 10.1. The smallest absolute Gasteiger partial charge is 0.0621 e. The van der Waals surface area contributed by atoms with Crippen molar-refractivity contribution in [2.24, 2.45) is 0 Å². The Morgan fingerprint density at radius 1 is 1.56 bits per heavy atom. The Morgan fingerprint density at radius 2 is 2.44 bits per heavy atom. The molecule has 0 saturated carbocycles. The van der Waals surface area contributed by atoms with Gasteiger partial charge < -0.3 is 15.4 Å². The van der Waals surface area contributed by atoms with Crippen LogP contribution in [0, 0.1) is 0 Å². The van der Waals surface area contributed by atoms with Crippen molar-refractivity contribution < 1.29 is 4.74 Å². The summed E-state index contributed by atoms with van der Waals surface area (Å²) in [7, 11) is 0. The summed E-state index contributed by atoms with van der Waals surface area (Å²) in [5.74, 6) is 0. The van der Waals surface area contributed by atoms with Gasteiger partial charge in [0.2, 0.25) is 0 Å². The Morgan fingerprint density at radius 3 is 3.17 bits per heavy atom. The molecule has 18 heavy (non-hydrogen) atoms. The Kier molecular flexibility index (Phi) is 5.35. The Labute approximate surface area is 114 Å². The van der Waals surface area contributed by atoms with E-state index in [2.05, 4.69) is 48.1 Å². The lowest BCUT2D eigenvalue weighted by Gasteiger charge is -2.27. The molecule has 1 aliphatic rings. The minimum Gasteiger partial charge on any atom is -0.382 e. The third-order valence-electron chi connectivity index (χ3n) is 3.12. The molecule has 1 saturated heterocycles. The highest BCUT2D eigenvalue weighted by Gasteiger charge is 2.16. The molecule has 1 aliphatic heterocycles. The number of ether oxygens (including phenoxy) is 1. The molecular formula is C14H22N2OS. The second-order valence-electron chi connectivity index (χ2n) is 4.74. The van der Waals surface area contributed by atoms with Crippen LogP contribution >= 0.6 is 11.8 Å². The van der Waals surface area contributed by atoms with Gasteiger partial charge in [0.1, 0.15) is 0 Å². The van der Waals surface area contributed by atoms with Gasteiger partial charge in [-0.1, -0.05) is 6.07 Å². The van der Waals surface area contributed by atoms with Crippen molar-refractivity contribution >= 4 is 17.4 Å². The topological polar surface area (TPSA) is 33.3 Å². The van der Waals surface area contributed by atoms with Crippen molar-refractivity contribution in [2.75, 3.05) is 31.3 Å². The van der Waals surface area contributed by atoms with Crippen LogP contribution in [0.25, 0.3) is 0 Å². The molecular weight excluding hydrogens is 244 g/mol. The number of hydrogen-bond acceptors (Lipinski definition) is 4. The third-order valence-corrected chi connectivity index (χ3v) is 3.84. The third kappa shape index (κ3) is 4.19. The van der Waals surface area contributed by atoms with Gasteiger partial charge in [-0.25, -0.2) is 0 Å². The Bertz CT molecular complexity index is 367. The van der Waals surface area contributed by atoms with E-state index in [1.807, 2.05) is 0 Å². The second-order valence-corrected chi connectivity index (χ2v) is 5.62. The van der Waals surface area contributed by atoms with Crippen LogP contribution in [0.5, 0.6) is 0 Å². The van der Waals surface area contributed by atoms with Crippen molar-refractivity contribution in [3.63, 3.8) is 0 Å². The molecule has 2 unspecified atom stereocenters. The molecule has 0 bridgehead atoms. The summed E-state index contributed by atoms with van der Waals surface area (Å²) in [6, 6.07) is 9.48. The minimum atomic E-state index is 0.446. The number of morpholine rings is 1. The summed E-state index contributed by atoms with van der Waals surface area (Å²) < 4.78 is 5.48. The summed E-state index contributed by atoms with van der Waals surface area (Å²) in [6.45, 7) is 4.87. The number of benzene rings is 1. The number of nitrogens with one attached hydrogen (secondary N) is 2. The predicted octanol–water partition coefficient (Wildman–Crippen LogP) is 2.59. The zero-order chi connectivity index (χ0) is 12.8. The van der Waals surface area contributed by atoms with Crippen LogP contribution in [0.2, 0.25) is 0 Å². The maximum atomic E-state index is 5.48. The first-order valence-corrected chi connectivity index (χ1v) is 7.72. The van der Waals surface area contributed by atoms with Crippen LogP contribution in [0.1, 0.15) is 13.3 Å². The molecule has 3 nitrogen and oxygen atoms in total. The molecule has 1 fully saturated rings. The van der Waals surface area contributed by atoms with Gasteiger partial charge in [-0.3, -0.25) is 0 Å². The van der Waals surface area contributed by atoms with Crippen molar-refractivity contribution in [3.8, 4) is 0 Å². The van der Waals surface area contributed by atoms with Crippen LogP contribution in [-0.2, 0) is 4.74 Å². The van der Waals surface area contributed by atoms with Gasteiger partial charge >= 0.3 is 0 Å². The van der Waals surface area contributed by atoms with E-state index in [1.165, 1.54) is 10.6 Å². The maximum Gasteiger partial charge on any atom is 0.0621 e. The predicted molar refractivity (Wildman–Crippen MR) is 78.5 cm³/mol.